The minimum atomic E-state index is -0.457. The highest BCUT2D eigenvalue weighted by molar-refractivity contribution is 7.98. The van der Waals surface area contributed by atoms with Crippen molar-refractivity contribution in [1.29, 1.82) is 0 Å². The topological polar surface area (TPSA) is 77.1 Å². The molecule has 2 aromatic rings. The first kappa shape index (κ1) is 18.3. The fourth-order valence-electron chi connectivity index (χ4n) is 2.25. The van der Waals surface area contributed by atoms with E-state index >= 15 is 0 Å². The first-order valence-corrected chi connectivity index (χ1v) is 9.25. The number of rotatable bonds is 8. The van der Waals surface area contributed by atoms with Crippen LogP contribution in [0.4, 0.5) is 0 Å². The number of pyridine rings is 1. The molecule has 1 aromatic heterocycles. The molecule has 1 amide bonds. The van der Waals surface area contributed by atoms with E-state index in [2.05, 4.69) is 5.32 Å². The van der Waals surface area contributed by atoms with Crippen LogP contribution in [-0.4, -0.2) is 28.5 Å². The van der Waals surface area contributed by atoms with Gasteiger partial charge in [-0.2, -0.15) is 11.8 Å². The Kier molecular flexibility index (Phi) is 7.08. The van der Waals surface area contributed by atoms with Crippen LogP contribution in [0, 0.1) is 0 Å². The number of nitrogens with one attached hydrogen (secondary N) is 1. The second kappa shape index (κ2) is 9.30. The zero-order valence-corrected chi connectivity index (χ0v) is 14.6. The summed E-state index contributed by atoms with van der Waals surface area (Å²) in [6, 6.07) is 12.5. The molecule has 0 aliphatic rings. The van der Waals surface area contributed by atoms with E-state index < -0.39 is 6.04 Å². The van der Waals surface area contributed by atoms with Crippen LogP contribution in [-0.2, 0) is 17.9 Å². The Balaban J connectivity index is 1.87. The number of carbonyl (C=O) groups excluding carboxylic acids is 1. The number of nitrogens with two attached hydrogens (primary N) is 1. The summed E-state index contributed by atoms with van der Waals surface area (Å²) in [6.07, 6.45) is 4.44. The molecule has 5 nitrogen and oxygen atoms in total. The number of aromatic nitrogens is 1. The number of thioether (sulfide) groups is 1. The first-order chi connectivity index (χ1) is 11.6. The van der Waals surface area contributed by atoms with Crippen molar-refractivity contribution in [3.8, 4) is 0 Å². The maximum Gasteiger partial charge on any atom is 0.250 e. The molecule has 24 heavy (non-hydrogen) atoms. The lowest BCUT2D eigenvalue weighted by atomic mass is 10.1. The van der Waals surface area contributed by atoms with Crippen LogP contribution in [0.1, 0.15) is 17.5 Å². The Morgan fingerprint density at radius 1 is 1.21 bits per heavy atom. The van der Waals surface area contributed by atoms with Gasteiger partial charge in [0.05, 0.1) is 12.6 Å². The Hall–Kier alpha value is -2.05. The molecule has 0 unspecified atom stereocenters. The van der Waals surface area contributed by atoms with E-state index in [4.69, 9.17) is 5.73 Å². The van der Waals surface area contributed by atoms with Gasteiger partial charge in [0.25, 0.3) is 5.56 Å². The average Bonchev–Trinajstić information content (AvgIpc) is 2.60. The van der Waals surface area contributed by atoms with Crippen LogP contribution in [0.5, 0.6) is 0 Å². The number of benzene rings is 1. The highest BCUT2D eigenvalue weighted by Gasteiger charge is 2.12. The summed E-state index contributed by atoms with van der Waals surface area (Å²) in [7, 11) is 0. The third-order valence-electron chi connectivity index (χ3n) is 3.71. The van der Waals surface area contributed by atoms with Gasteiger partial charge in [0.2, 0.25) is 5.91 Å². The SMILES string of the molecule is CSCC[C@H](N)C(=O)NCc1ccc(Cn2ccccc2=O)cc1. The van der Waals surface area contributed by atoms with Crippen LogP contribution in [0.3, 0.4) is 0 Å². The van der Waals surface area contributed by atoms with Gasteiger partial charge in [0, 0.05) is 18.8 Å². The molecule has 0 saturated heterocycles. The average molecular weight is 345 g/mol. The van der Waals surface area contributed by atoms with Gasteiger partial charge in [-0.25, -0.2) is 0 Å². The molecule has 0 bridgehead atoms. The lowest BCUT2D eigenvalue weighted by Crippen LogP contribution is -2.40. The Morgan fingerprint density at radius 3 is 2.58 bits per heavy atom. The predicted molar refractivity (Wildman–Crippen MR) is 99.1 cm³/mol. The van der Waals surface area contributed by atoms with Gasteiger partial charge >= 0.3 is 0 Å². The van der Waals surface area contributed by atoms with E-state index in [-0.39, 0.29) is 11.5 Å². The standard InChI is InChI=1S/C18H23N3O2S/c1-24-11-9-16(19)18(23)20-12-14-5-7-15(8-6-14)13-21-10-3-2-4-17(21)22/h2-8,10,16H,9,11-13,19H2,1H3,(H,20,23)/t16-/m0/s1. The smallest absolute Gasteiger partial charge is 0.250 e. The van der Waals surface area contributed by atoms with Crippen molar-refractivity contribution in [1.82, 2.24) is 9.88 Å². The highest BCUT2D eigenvalue weighted by Crippen LogP contribution is 2.06. The highest BCUT2D eigenvalue weighted by atomic mass is 32.2. The number of amides is 1. The second-order valence-corrected chi connectivity index (χ2v) is 6.57. The molecule has 1 heterocycles. The molecule has 1 aromatic carbocycles. The molecule has 128 valence electrons. The molecule has 0 saturated carbocycles. The third kappa shape index (κ3) is 5.54. The summed E-state index contributed by atoms with van der Waals surface area (Å²) in [5.41, 5.74) is 7.85. The number of hydrogen-bond acceptors (Lipinski definition) is 4. The van der Waals surface area contributed by atoms with Gasteiger partial charge in [0.15, 0.2) is 0 Å². The van der Waals surface area contributed by atoms with Gasteiger partial charge in [0.1, 0.15) is 0 Å². The predicted octanol–water partition coefficient (Wildman–Crippen LogP) is 1.59. The van der Waals surface area contributed by atoms with Gasteiger partial charge < -0.3 is 15.6 Å². The second-order valence-electron chi connectivity index (χ2n) is 5.59. The zero-order valence-electron chi connectivity index (χ0n) is 13.8. The molecule has 0 aliphatic carbocycles. The molecule has 3 N–H and O–H groups in total. The molecule has 0 spiro atoms. The summed E-state index contributed by atoms with van der Waals surface area (Å²) < 4.78 is 1.65. The van der Waals surface area contributed by atoms with E-state index in [9.17, 15) is 9.59 Å². The molecule has 0 radical (unpaired) electrons. The summed E-state index contributed by atoms with van der Waals surface area (Å²) in [4.78, 5) is 23.6. The van der Waals surface area contributed by atoms with Crippen LogP contribution in [0.2, 0.25) is 0 Å². The first-order valence-electron chi connectivity index (χ1n) is 7.85. The lowest BCUT2D eigenvalue weighted by molar-refractivity contribution is -0.122. The fraction of sp³-hybridized carbons (Fsp3) is 0.333. The maximum absolute atomic E-state index is 11.9. The Labute approximate surface area is 146 Å². The zero-order chi connectivity index (χ0) is 17.4. The van der Waals surface area contributed by atoms with E-state index in [1.54, 1.807) is 34.7 Å². The molecule has 0 fully saturated rings. The van der Waals surface area contributed by atoms with Crippen molar-refractivity contribution in [2.45, 2.75) is 25.6 Å². The van der Waals surface area contributed by atoms with Crippen LogP contribution < -0.4 is 16.6 Å². The molecule has 1 atom stereocenters. The van der Waals surface area contributed by atoms with Gasteiger partial charge in [-0.1, -0.05) is 30.3 Å². The van der Waals surface area contributed by atoms with Crippen molar-refractivity contribution in [3.63, 3.8) is 0 Å². The number of hydrogen-bond donors (Lipinski definition) is 2. The van der Waals surface area contributed by atoms with Crippen molar-refractivity contribution >= 4 is 17.7 Å². The Bertz CT molecular complexity index is 713. The molecule has 0 aliphatic heterocycles. The largest absolute Gasteiger partial charge is 0.351 e. The van der Waals surface area contributed by atoms with Crippen molar-refractivity contribution in [2.75, 3.05) is 12.0 Å². The van der Waals surface area contributed by atoms with Crippen LogP contribution in [0.25, 0.3) is 0 Å². The molecule has 6 heteroatoms. The number of carbonyl (C=O) groups is 1. The minimum Gasteiger partial charge on any atom is -0.351 e. The van der Waals surface area contributed by atoms with Crippen molar-refractivity contribution in [3.05, 3.63) is 70.1 Å². The minimum absolute atomic E-state index is 0.0203. The Morgan fingerprint density at radius 2 is 1.92 bits per heavy atom. The van der Waals surface area contributed by atoms with Crippen molar-refractivity contribution in [2.24, 2.45) is 5.73 Å². The maximum atomic E-state index is 11.9. The van der Waals surface area contributed by atoms with Gasteiger partial charge in [-0.15, -0.1) is 0 Å². The van der Waals surface area contributed by atoms with Gasteiger partial charge in [-0.05, 0) is 35.6 Å². The summed E-state index contributed by atoms with van der Waals surface area (Å²) in [5, 5.41) is 2.86. The van der Waals surface area contributed by atoms with E-state index in [1.165, 1.54) is 0 Å². The van der Waals surface area contributed by atoms with Gasteiger partial charge in [-0.3, -0.25) is 9.59 Å². The third-order valence-corrected chi connectivity index (χ3v) is 4.36. The quantitative estimate of drug-likeness (QED) is 0.762. The summed E-state index contributed by atoms with van der Waals surface area (Å²) in [6.45, 7) is 0.989. The summed E-state index contributed by atoms with van der Waals surface area (Å²) in [5.74, 6) is 0.756. The normalized spacial score (nSPS) is 11.9. The molecular formula is C18H23N3O2S. The number of nitrogens with zero attached hydrogens (tertiary/aromatic N) is 1. The summed E-state index contributed by atoms with van der Waals surface area (Å²) >= 11 is 1.68. The van der Waals surface area contributed by atoms with Crippen molar-refractivity contribution < 1.29 is 4.79 Å². The van der Waals surface area contributed by atoms with E-state index in [0.717, 1.165) is 16.9 Å². The van der Waals surface area contributed by atoms with E-state index in [1.807, 2.05) is 36.6 Å². The van der Waals surface area contributed by atoms with Crippen LogP contribution >= 0.6 is 11.8 Å². The molecule has 2 rings (SSSR count). The lowest BCUT2D eigenvalue weighted by Gasteiger charge is -2.12. The van der Waals surface area contributed by atoms with Crippen LogP contribution in [0.15, 0.2) is 53.5 Å². The molecular weight excluding hydrogens is 322 g/mol. The van der Waals surface area contributed by atoms with E-state index in [0.29, 0.717) is 19.5 Å². The monoisotopic (exact) mass is 345 g/mol. The fourth-order valence-corrected chi connectivity index (χ4v) is 2.74.